The molecule has 0 spiro atoms. The molecular weight excluding hydrogens is 213 g/mol. The van der Waals surface area contributed by atoms with Crippen LogP contribution in [0.3, 0.4) is 0 Å². The molecule has 0 aliphatic heterocycles. The Morgan fingerprint density at radius 2 is 1.82 bits per heavy atom. The summed E-state index contributed by atoms with van der Waals surface area (Å²) in [6.07, 6.45) is 7.78. The van der Waals surface area contributed by atoms with Gasteiger partial charge in [0, 0.05) is 0 Å². The van der Waals surface area contributed by atoms with Crippen LogP contribution in [0.15, 0.2) is 36.9 Å². The van der Waals surface area contributed by atoms with Crippen LogP contribution in [0.25, 0.3) is 0 Å². The molecule has 0 amide bonds. The highest BCUT2D eigenvalue weighted by Gasteiger charge is 1.94. The summed E-state index contributed by atoms with van der Waals surface area (Å²) in [4.78, 5) is 0. The Hall–Kier alpha value is -1.15. The zero-order chi connectivity index (χ0) is 12.3. The molecule has 0 heterocycles. The number of halogens is 1. The van der Waals surface area contributed by atoms with Crippen LogP contribution in [-0.4, -0.2) is 13.1 Å². The Morgan fingerprint density at radius 3 is 2.53 bits per heavy atom. The Bertz CT molecular complexity index is 305. The molecule has 0 unspecified atom stereocenters. The second-order valence-corrected chi connectivity index (χ2v) is 4.26. The van der Waals surface area contributed by atoms with Gasteiger partial charge in [-0.25, -0.2) is 4.39 Å². The van der Waals surface area contributed by atoms with Crippen LogP contribution >= 0.6 is 0 Å². The first-order valence-electron chi connectivity index (χ1n) is 6.39. The predicted molar refractivity (Wildman–Crippen MR) is 71.6 cm³/mol. The molecule has 0 aromatic heterocycles. The van der Waals surface area contributed by atoms with E-state index in [1.165, 1.54) is 37.0 Å². The van der Waals surface area contributed by atoms with E-state index >= 15 is 0 Å². The maximum Gasteiger partial charge on any atom is 0.123 e. The van der Waals surface area contributed by atoms with Gasteiger partial charge in [-0.05, 0) is 56.5 Å². The van der Waals surface area contributed by atoms with Crippen molar-refractivity contribution >= 4 is 0 Å². The lowest BCUT2D eigenvalue weighted by atomic mass is 10.1. The summed E-state index contributed by atoms with van der Waals surface area (Å²) >= 11 is 0. The molecule has 0 atom stereocenters. The van der Waals surface area contributed by atoms with E-state index in [-0.39, 0.29) is 5.82 Å². The van der Waals surface area contributed by atoms with E-state index in [1.807, 2.05) is 18.2 Å². The minimum absolute atomic E-state index is 0.163. The minimum atomic E-state index is -0.163. The van der Waals surface area contributed by atoms with Crippen molar-refractivity contribution in [2.75, 3.05) is 13.1 Å². The summed E-state index contributed by atoms with van der Waals surface area (Å²) in [6, 6.07) is 6.73. The fraction of sp³-hybridized carbons (Fsp3) is 0.467. The van der Waals surface area contributed by atoms with Gasteiger partial charge in [0.05, 0.1) is 0 Å². The first-order chi connectivity index (χ1) is 8.33. The molecule has 1 rings (SSSR count). The van der Waals surface area contributed by atoms with Crippen molar-refractivity contribution in [3.63, 3.8) is 0 Å². The van der Waals surface area contributed by atoms with E-state index in [2.05, 4.69) is 11.9 Å². The summed E-state index contributed by atoms with van der Waals surface area (Å²) < 4.78 is 12.7. The van der Waals surface area contributed by atoms with E-state index in [0.29, 0.717) is 0 Å². The first-order valence-corrected chi connectivity index (χ1v) is 6.39. The molecule has 0 bridgehead atoms. The van der Waals surface area contributed by atoms with Crippen molar-refractivity contribution in [1.29, 1.82) is 0 Å². The average molecular weight is 235 g/mol. The molecule has 17 heavy (non-hydrogen) atoms. The zero-order valence-electron chi connectivity index (χ0n) is 10.4. The van der Waals surface area contributed by atoms with Gasteiger partial charge in [-0.3, -0.25) is 0 Å². The highest BCUT2D eigenvalue weighted by atomic mass is 19.1. The van der Waals surface area contributed by atoms with Crippen molar-refractivity contribution in [2.45, 2.75) is 32.1 Å². The van der Waals surface area contributed by atoms with Crippen LogP contribution in [-0.2, 0) is 6.42 Å². The number of unbranched alkanes of at least 4 members (excludes halogenated alkanes) is 3. The summed E-state index contributed by atoms with van der Waals surface area (Å²) in [5.74, 6) is -0.163. The number of allylic oxidation sites excluding steroid dienone is 1. The number of nitrogens with one attached hydrogen (secondary N) is 1. The third-order valence-corrected chi connectivity index (χ3v) is 2.77. The molecule has 94 valence electrons. The van der Waals surface area contributed by atoms with Crippen LogP contribution in [0.4, 0.5) is 4.39 Å². The zero-order valence-corrected chi connectivity index (χ0v) is 10.4. The summed E-state index contributed by atoms with van der Waals surface area (Å²) in [7, 11) is 0. The quantitative estimate of drug-likeness (QED) is 0.508. The van der Waals surface area contributed by atoms with Crippen molar-refractivity contribution in [3.05, 3.63) is 48.3 Å². The summed E-state index contributed by atoms with van der Waals surface area (Å²) in [6.45, 7) is 5.74. The van der Waals surface area contributed by atoms with Gasteiger partial charge in [0.15, 0.2) is 0 Å². The van der Waals surface area contributed by atoms with Crippen LogP contribution < -0.4 is 5.32 Å². The molecule has 0 radical (unpaired) electrons. The molecule has 0 saturated heterocycles. The van der Waals surface area contributed by atoms with Crippen LogP contribution in [0.1, 0.15) is 31.2 Å². The van der Waals surface area contributed by atoms with Gasteiger partial charge in [0.25, 0.3) is 0 Å². The maximum atomic E-state index is 12.7. The highest BCUT2D eigenvalue weighted by molar-refractivity contribution is 5.16. The Kier molecular flexibility index (Phi) is 7.32. The topological polar surface area (TPSA) is 12.0 Å². The number of hydrogen-bond acceptors (Lipinski definition) is 1. The van der Waals surface area contributed by atoms with Gasteiger partial charge in [0.1, 0.15) is 5.82 Å². The molecule has 1 aromatic rings. The smallest absolute Gasteiger partial charge is 0.123 e. The van der Waals surface area contributed by atoms with Crippen LogP contribution in [0.2, 0.25) is 0 Å². The molecule has 1 N–H and O–H groups in total. The van der Waals surface area contributed by atoms with Gasteiger partial charge in [0.2, 0.25) is 0 Å². The summed E-state index contributed by atoms with van der Waals surface area (Å²) in [5, 5.41) is 3.41. The van der Waals surface area contributed by atoms with Crippen LogP contribution in [0.5, 0.6) is 0 Å². The molecular formula is C15H22FN. The molecule has 0 fully saturated rings. The standard InChI is InChI=1S/C15H22FN/c1-2-3-4-5-6-12-17-13-11-14-7-9-15(16)10-8-14/h2,7-10,17H,1,3-6,11-13H2. The summed E-state index contributed by atoms with van der Waals surface area (Å²) in [5.41, 5.74) is 1.19. The lowest BCUT2D eigenvalue weighted by Gasteiger charge is -2.04. The lowest BCUT2D eigenvalue weighted by Crippen LogP contribution is -2.18. The number of hydrogen-bond donors (Lipinski definition) is 1. The van der Waals surface area contributed by atoms with Gasteiger partial charge < -0.3 is 5.32 Å². The first kappa shape index (κ1) is 13.9. The predicted octanol–water partition coefficient (Wildman–Crippen LogP) is 3.70. The van der Waals surface area contributed by atoms with E-state index in [4.69, 9.17) is 0 Å². The number of benzene rings is 1. The second kappa shape index (κ2) is 8.94. The maximum absolute atomic E-state index is 12.7. The SMILES string of the molecule is C=CCCCCCNCCc1ccc(F)cc1. The van der Waals surface area contributed by atoms with E-state index in [9.17, 15) is 4.39 Å². The number of rotatable bonds is 9. The van der Waals surface area contributed by atoms with E-state index < -0.39 is 0 Å². The van der Waals surface area contributed by atoms with Crippen molar-refractivity contribution in [2.24, 2.45) is 0 Å². The highest BCUT2D eigenvalue weighted by Crippen LogP contribution is 2.03. The Labute approximate surface area is 104 Å². The largest absolute Gasteiger partial charge is 0.316 e. The molecule has 2 heteroatoms. The molecule has 0 saturated carbocycles. The van der Waals surface area contributed by atoms with E-state index in [1.54, 1.807) is 0 Å². The molecule has 1 nitrogen and oxygen atoms in total. The third kappa shape index (κ3) is 6.90. The van der Waals surface area contributed by atoms with Gasteiger partial charge in [-0.15, -0.1) is 6.58 Å². The Balaban J connectivity index is 1.97. The fourth-order valence-corrected chi connectivity index (χ4v) is 1.72. The fourth-order valence-electron chi connectivity index (χ4n) is 1.72. The van der Waals surface area contributed by atoms with Gasteiger partial charge in [-0.1, -0.05) is 24.6 Å². The Morgan fingerprint density at radius 1 is 1.06 bits per heavy atom. The van der Waals surface area contributed by atoms with Gasteiger partial charge in [-0.2, -0.15) is 0 Å². The third-order valence-electron chi connectivity index (χ3n) is 2.77. The monoisotopic (exact) mass is 235 g/mol. The van der Waals surface area contributed by atoms with Crippen molar-refractivity contribution in [3.8, 4) is 0 Å². The van der Waals surface area contributed by atoms with Crippen molar-refractivity contribution < 1.29 is 4.39 Å². The second-order valence-electron chi connectivity index (χ2n) is 4.26. The minimum Gasteiger partial charge on any atom is -0.316 e. The normalized spacial score (nSPS) is 10.4. The lowest BCUT2D eigenvalue weighted by molar-refractivity contribution is 0.605. The van der Waals surface area contributed by atoms with E-state index in [0.717, 1.165) is 25.9 Å². The average Bonchev–Trinajstić information content (AvgIpc) is 2.35. The van der Waals surface area contributed by atoms with Crippen LogP contribution in [0, 0.1) is 5.82 Å². The molecule has 1 aromatic carbocycles. The van der Waals surface area contributed by atoms with Gasteiger partial charge >= 0.3 is 0 Å². The molecule has 0 aliphatic rings. The van der Waals surface area contributed by atoms with Crippen molar-refractivity contribution in [1.82, 2.24) is 5.32 Å². The molecule has 0 aliphatic carbocycles.